The highest BCUT2D eigenvalue weighted by Crippen LogP contribution is 2.33. The van der Waals surface area contributed by atoms with Gasteiger partial charge in [0, 0.05) is 18.3 Å². The molecular formula is C27H34N5O3+. The fourth-order valence-electron chi connectivity index (χ4n) is 5.26. The molecule has 1 aliphatic heterocycles. The Balaban J connectivity index is 1.34. The summed E-state index contributed by atoms with van der Waals surface area (Å²) in [5, 5.41) is 12.1. The third-order valence-electron chi connectivity index (χ3n) is 7.08. The van der Waals surface area contributed by atoms with Gasteiger partial charge in [-0.25, -0.2) is 5.41 Å². The zero-order valence-electron chi connectivity index (χ0n) is 19.9. The first-order chi connectivity index (χ1) is 16.9. The molecule has 0 bridgehead atoms. The van der Waals surface area contributed by atoms with Gasteiger partial charge in [0.25, 0.3) is 5.71 Å². The van der Waals surface area contributed by atoms with Crippen molar-refractivity contribution < 1.29 is 19.8 Å². The number of hydrogen-bond donors (Lipinski definition) is 4. The summed E-state index contributed by atoms with van der Waals surface area (Å²) in [6, 6.07) is 17.1. The fourth-order valence-corrected chi connectivity index (χ4v) is 5.26. The molecule has 2 aromatic rings. The maximum Gasteiger partial charge on any atom is 0.313 e. The van der Waals surface area contributed by atoms with Gasteiger partial charge in [-0.3, -0.25) is 14.4 Å². The van der Waals surface area contributed by atoms with Crippen LogP contribution in [-0.2, 0) is 14.4 Å². The van der Waals surface area contributed by atoms with Gasteiger partial charge in [0.1, 0.15) is 6.04 Å². The second kappa shape index (κ2) is 11.2. The fraction of sp³-hybridized carbons (Fsp3) is 0.407. The zero-order chi connectivity index (χ0) is 24.8. The van der Waals surface area contributed by atoms with Crippen LogP contribution in [0.5, 0.6) is 0 Å². The highest BCUT2D eigenvalue weighted by atomic mass is 16.2. The van der Waals surface area contributed by atoms with E-state index in [-0.39, 0.29) is 30.1 Å². The minimum atomic E-state index is -0.723. The number of likely N-dealkylation sites (tertiary alicyclic amines) is 1. The van der Waals surface area contributed by atoms with Crippen LogP contribution in [0.25, 0.3) is 0 Å². The predicted molar refractivity (Wildman–Crippen MR) is 134 cm³/mol. The normalized spacial score (nSPS) is 21.8. The summed E-state index contributed by atoms with van der Waals surface area (Å²) in [5.74, 6) is -0.508. The summed E-state index contributed by atoms with van der Waals surface area (Å²) in [5.41, 5.74) is 7.57. The van der Waals surface area contributed by atoms with Crippen LogP contribution >= 0.6 is 0 Å². The first-order valence-corrected chi connectivity index (χ1v) is 12.3. The topological polar surface area (TPSA) is 130 Å². The number of hydrogen-bond acceptors (Lipinski definition) is 4. The molecule has 2 aliphatic rings. The molecule has 1 saturated heterocycles. The van der Waals surface area contributed by atoms with Crippen LogP contribution in [0.1, 0.15) is 55.6 Å². The molecule has 3 atom stereocenters. The molecular weight excluding hydrogens is 442 g/mol. The predicted octanol–water partition coefficient (Wildman–Crippen LogP) is 0.966. The van der Waals surface area contributed by atoms with E-state index in [4.69, 9.17) is 11.1 Å². The van der Waals surface area contributed by atoms with Crippen molar-refractivity contribution in [3.8, 4) is 0 Å². The Morgan fingerprint density at radius 3 is 2.49 bits per heavy atom. The molecule has 2 unspecified atom stereocenters. The Bertz CT molecular complexity index is 1090. The van der Waals surface area contributed by atoms with E-state index in [1.807, 2.05) is 6.07 Å². The standard InChI is InChI=1S/C27H33N5O3/c28-25(26(29)34)21-12-4-5-13-22(21)30-17-24(33)32-15-7-14-23(32)27(35)31-20-11-6-10-19(16-20)18-8-2-1-3-9-18/h1-5,8-9,12-13,19-20,23,28,30H,6-7,10-11,14-17H2,(H2,29,34)(H,31,35)/p+1/t19?,20?,23-/m0/s1. The molecule has 0 spiro atoms. The average Bonchev–Trinajstić information content (AvgIpc) is 3.38. The molecule has 4 rings (SSSR count). The summed E-state index contributed by atoms with van der Waals surface area (Å²) in [7, 11) is 0. The van der Waals surface area contributed by atoms with Crippen LogP contribution in [0.3, 0.4) is 0 Å². The zero-order valence-corrected chi connectivity index (χ0v) is 19.9. The molecule has 8 nitrogen and oxygen atoms in total. The van der Waals surface area contributed by atoms with Crippen molar-refractivity contribution in [1.29, 1.82) is 0 Å². The monoisotopic (exact) mass is 476 g/mol. The molecule has 6 N–H and O–H groups in total. The summed E-state index contributed by atoms with van der Waals surface area (Å²) in [6.07, 6.45) is 5.55. The van der Waals surface area contributed by atoms with Gasteiger partial charge in [0.05, 0.1) is 12.1 Å². The Morgan fingerprint density at radius 2 is 1.71 bits per heavy atom. The Kier molecular flexibility index (Phi) is 7.80. The number of amides is 3. The van der Waals surface area contributed by atoms with Gasteiger partial charge in [-0.15, -0.1) is 0 Å². The van der Waals surface area contributed by atoms with Gasteiger partial charge >= 0.3 is 5.91 Å². The van der Waals surface area contributed by atoms with Crippen molar-refractivity contribution in [2.75, 3.05) is 18.4 Å². The van der Waals surface area contributed by atoms with E-state index in [1.54, 1.807) is 29.2 Å². The molecule has 2 fully saturated rings. The number of para-hydroxylation sites is 1. The summed E-state index contributed by atoms with van der Waals surface area (Å²) < 4.78 is 0. The van der Waals surface area contributed by atoms with Crippen LogP contribution < -0.4 is 21.8 Å². The quantitative estimate of drug-likeness (QED) is 0.423. The third-order valence-corrected chi connectivity index (χ3v) is 7.08. The Morgan fingerprint density at radius 1 is 0.971 bits per heavy atom. The summed E-state index contributed by atoms with van der Waals surface area (Å²) in [4.78, 5) is 39.3. The maximum absolute atomic E-state index is 13.2. The summed E-state index contributed by atoms with van der Waals surface area (Å²) in [6.45, 7) is 0.541. The SMILES string of the molecule is NC(=O)C(=[NH2+])c1ccccc1NCC(=O)N1CCC[C@H]1C(=O)NC1CCCC(c2ccccc2)C1. The van der Waals surface area contributed by atoms with Gasteiger partial charge in [-0.1, -0.05) is 48.9 Å². The van der Waals surface area contributed by atoms with Crippen LogP contribution in [0, 0.1) is 0 Å². The van der Waals surface area contributed by atoms with Gasteiger partial charge in [-0.2, -0.15) is 0 Å². The molecule has 1 aliphatic carbocycles. The van der Waals surface area contributed by atoms with Crippen LogP contribution in [0.4, 0.5) is 5.69 Å². The van der Waals surface area contributed by atoms with Crippen molar-refractivity contribution in [1.82, 2.24) is 10.2 Å². The number of benzene rings is 2. The highest BCUT2D eigenvalue weighted by molar-refractivity contribution is 6.43. The lowest BCUT2D eigenvalue weighted by Gasteiger charge is -2.32. The second-order valence-electron chi connectivity index (χ2n) is 9.40. The maximum atomic E-state index is 13.2. The van der Waals surface area contributed by atoms with E-state index in [0.717, 1.165) is 32.1 Å². The number of carbonyl (C=O) groups is 3. The van der Waals surface area contributed by atoms with Gasteiger partial charge in [-0.05, 0) is 55.7 Å². The van der Waals surface area contributed by atoms with E-state index in [1.165, 1.54) is 5.56 Å². The first-order valence-electron chi connectivity index (χ1n) is 12.3. The van der Waals surface area contributed by atoms with Crippen molar-refractivity contribution in [3.63, 3.8) is 0 Å². The number of carbonyl (C=O) groups excluding carboxylic acids is 3. The van der Waals surface area contributed by atoms with Crippen molar-refractivity contribution in [2.45, 2.75) is 56.5 Å². The second-order valence-corrected chi connectivity index (χ2v) is 9.40. The van der Waals surface area contributed by atoms with E-state index in [0.29, 0.717) is 30.1 Å². The lowest BCUT2D eigenvalue weighted by atomic mass is 9.81. The third kappa shape index (κ3) is 5.88. The van der Waals surface area contributed by atoms with E-state index < -0.39 is 11.9 Å². The number of anilines is 1. The lowest BCUT2D eigenvalue weighted by molar-refractivity contribution is -0.137. The van der Waals surface area contributed by atoms with Crippen LogP contribution in [0.2, 0.25) is 0 Å². The number of nitrogens with two attached hydrogens (primary N) is 2. The summed E-state index contributed by atoms with van der Waals surface area (Å²) >= 11 is 0. The molecule has 0 aromatic heterocycles. The highest BCUT2D eigenvalue weighted by Gasteiger charge is 2.35. The van der Waals surface area contributed by atoms with E-state index in [9.17, 15) is 14.4 Å². The van der Waals surface area contributed by atoms with E-state index in [2.05, 4.69) is 34.9 Å². The van der Waals surface area contributed by atoms with Crippen LogP contribution in [0.15, 0.2) is 54.6 Å². The van der Waals surface area contributed by atoms with Gasteiger partial charge in [0.15, 0.2) is 0 Å². The molecule has 2 aromatic carbocycles. The minimum absolute atomic E-state index is 0.00759. The number of nitrogens with one attached hydrogen (secondary N) is 2. The van der Waals surface area contributed by atoms with Crippen molar-refractivity contribution >= 4 is 29.1 Å². The Labute approximate surface area is 205 Å². The molecule has 1 heterocycles. The van der Waals surface area contributed by atoms with Gasteiger partial charge in [0.2, 0.25) is 11.8 Å². The largest absolute Gasteiger partial charge is 0.375 e. The van der Waals surface area contributed by atoms with Crippen molar-refractivity contribution in [3.05, 3.63) is 65.7 Å². The lowest BCUT2D eigenvalue weighted by Crippen LogP contribution is -2.51. The molecule has 8 heteroatoms. The molecule has 35 heavy (non-hydrogen) atoms. The number of rotatable bonds is 8. The van der Waals surface area contributed by atoms with E-state index >= 15 is 0 Å². The van der Waals surface area contributed by atoms with Crippen molar-refractivity contribution in [2.24, 2.45) is 5.73 Å². The Hall–Kier alpha value is -3.68. The molecule has 184 valence electrons. The molecule has 3 amide bonds. The molecule has 0 radical (unpaired) electrons. The smallest absolute Gasteiger partial charge is 0.313 e. The van der Waals surface area contributed by atoms with Crippen LogP contribution in [-0.4, -0.2) is 53.5 Å². The average molecular weight is 477 g/mol. The number of nitrogens with zero attached hydrogens (tertiary/aromatic N) is 1. The first kappa shape index (κ1) is 24.4. The van der Waals surface area contributed by atoms with Gasteiger partial charge < -0.3 is 21.3 Å². The number of primary amides is 1. The minimum Gasteiger partial charge on any atom is -0.375 e. The molecule has 1 saturated carbocycles.